The highest BCUT2D eigenvalue weighted by molar-refractivity contribution is 6.03. The Bertz CT molecular complexity index is 909. The van der Waals surface area contributed by atoms with Gasteiger partial charge >= 0.3 is 5.97 Å². The third kappa shape index (κ3) is 6.58. The first kappa shape index (κ1) is 21.3. The lowest BCUT2D eigenvalue weighted by Crippen LogP contribution is -2.22. The molecule has 0 aliphatic heterocycles. The molecule has 0 aliphatic rings. The first-order valence-corrected chi connectivity index (χ1v) is 10.2. The molecule has 6 nitrogen and oxygen atoms in total. The van der Waals surface area contributed by atoms with Crippen LogP contribution in [0.4, 0.5) is 0 Å². The Labute approximate surface area is 176 Å². The second-order valence-corrected chi connectivity index (χ2v) is 7.10. The van der Waals surface area contributed by atoms with E-state index < -0.39 is 5.97 Å². The van der Waals surface area contributed by atoms with Crippen LogP contribution in [0.2, 0.25) is 0 Å². The average Bonchev–Trinajstić information content (AvgIpc) is 3.30. The van der Waals surface area contributed by atoms with Crippen LogP contribution in [0.25, 0.3) is 0 Å². The van der Waals surface area contributed by atoms with E-state index in [-0.39, 0.29) is 12.5 Å². The van der Waals surface area contributed by atoms with E-state index in [4.69, 9.17) is 9.94 Å². The number of rotatable bonds is 12. The molecule has 0 saturated heterocycles. The number of carbonyl (C=O) groups is 1. The number of aliphatic carboxylic acids is 1. The van der Waals surface area contributed by atoms with Crippen LogP contribution in [-0.4, -0.2) is 32.9 Å². The summed E-state index contributed by atoms with van der Waals surface area (Å²) in [5.74, 6) is -0.760. The van der Waals surface area contributed by atoms with Gasteiger partial charge in [-0.3, -0.25) is 4.79 Å². The number of hydrogen-bond donors (Lipinski definition) is 1. The van der Waals surface area contributed by atoms with Crippen molar-refractivity contribution in [3.8, 4) is 0 Å². The molecule has 3 aromatic rings. The second kappa shape index (κ2) is 11.6. The highest BCUT2D eigenvalue weighted by Crippen LogP contribution is 2.21. The molecule has 30 heavy (non-hydrogen) atoms. The average molecular weight is 405 g/mol. The Kier molecular flexibility index (Phi) is 8.21. The molecule has 2 aromatic carbocycles. The van der Waals surface area contributed by atoms with Gasteiger partial charge in [0, 0.05) is 24.4 Å². The van der Waals surface area contributed by atoms with E-state index >= 15 is 0 Å². The molecule has 0 fully saturated rings. The molecule has 0 amide bonds. The van der Waals surface area contributed by atoms with Gasteiger partial charge in [-0.2, -0.15) is 0 Å². The lowest BCUT2D eigenvalue weighted by Gasteiger charge is -2.21. The highest BCUT2D eigenvalue weighted by atomic mass is 16.6. The number of unbranched alkanes of at least 4 members (excludes halogenated alkanes) is 2. The molecule has 0 spiro atoms. The Balaban J connectivity index is 1.77. The summed E-state index contributed by atoms with van der Waals surface area (Å²) in [4.78, 5) is 20.5. The fourth-order valence-corrected chi connectivity index (χ4v) is 3.28. The Morgan fingerprint density at radius 2 is 1.77 bits per heavy atom. The van der Waals surface area contributed by atoms with Gasteiger partial charge in [-0.1, -0.05) is 65.8 Å². The minimum Gasteiger partial charge on any atom is -0.481 e. The maximum Gasteiger partial charge on any atom is 0.303 e. The molecule has 1 unspecified atom stereocenters. The van der Waals surface area contributed by atoms with Crippen molar-refractivity contribution >= 4 is 11.7 Å². The Morgan fingerprint density at radius 1 is 1.03 bits per heavy atom. The second-order valence-electron chi connectivity index (χ2n) is 7.10. The number of benzene rings is 2. The predicted octanol–water partition coefficient (Wildman–Crippen LogP) is 4.73. The molecular weight excluding hydrogens is 378 g/mol. The van der Waals surface area contributed by atoms with Crippen molar-refractivity contribution in [3.05, 3.63) is 90.5 Å². The van der Waals surface area contributed by atoms with Crippen molar-refractivity contribution < 1.29 is 14.7 Å². The number of carboxylic acids is 1. The molecule has 1 aromatic heterocycles. The van der Waals surface area contributed by atoms with Gasteiger partial charge in [0.25, 0.3) is 0 Å². The molecule has 156 valence electrons. The maximum absolute atomic E-state index is 10.6. The summed E-state index contributed by atoms with van der Waals surface area (Å²) in [7, 11) is 0. The summed E-state index contributed by atoms with van der Waals surface area (Å²) in [6.45, 7) is 0.456. The number of imidazole rings is 1. The van der Waals surface area contributed by atoms with Gasteiger partial charge in [-0.05, 0) is 31.2 Å². The fourth-order valence-electron chi connectivity index (χ4n) is 3.28. The normalized spacial score (nSPS) is 12.5. The van der Waals surface area contributed by atoms with Gasteiger partial charge < -0.3 is 14.5 Å². The van der Waals surface area contributed by atoms with Crippen LogP contribution in [0.5, 0.6) is 0 Å². The molecule has 0 saturated carbocycles. The van der Waals surface area contributed by atoms with E-state index in [1.807, 2.05) is 54.7 Å². The van der Waals surface area contributed by atoms with E-state index in [9.17, 15) is 4.79 Å². The summed E-state index contributed by atoms with van der Waals surface area (Å²) in [6.07, 6.45) is 8.69. The molecule has 1 atom stereocenters. The quantitative estimate of drug-likeness (QED) is 0.268. The third-order valence-electron chi connectivity index (χ3n) is 4.83. The van der Waals surface area contributed by atoms with Crippen molar-refractivity contribution in [1.82, 2.24) is 9.55 Å². The summed E-state index contributed by atoms with van der Waals surface area (Å²) in [6, 6.07) is 20.3. The SMILES string of the molecule is O=C(O)CCCCCON=C(c1ccccc1)C(Cc1ccccc1)n1ccnc1. The minimum atomic E-state index is -0.760. The minimum absolute atomic E-state index is 0.0655. The van der Waals surface area contributed by atoms with Crippen molar-refractivity contribution in [2.45, 2.75) is 38.1 Å². The molecule has 1 heterocycles. The zero-order chi connectivity index (χ0) is 21.0. The van der Waals surface area contributed by atoms with Crippen molar-refractivity contribution in [3.63, 3.8) is 0 Å². The number of hydrogen-bond acceptors (Lipinski definition) is 4. The third-order valence-corrected chi connectivity index (χ3v) is 4.83. The highest BCUT2D eigenvalue weighted by Gasteiger charge is 2.21. The van der Waals surface area contributed by atoms with Gasteiger partial charge in [0.2, 0.25) is 0 Å². The summed E-state index contributed by atoms with van der Waals surface area (Å²) < 4.78 is 2.05. The lowest BCUT2D eigenvalue weighted by atomic mass is 9.96. The number of nitrogens with zero attached hydrogens (tertiary/aromatic N) is 3. The largest absolute Gasteiger partial charge is 0.481 e. The Morgan fingerprint density at radius 3 is 2.43 bits per heavy atom. The van der Waals surface area contributed by atoms with Crippen molar-refractivity contribution in [2.24, 2.45) is 5.16 Å². The molecule has 0 aliphatic carbocycles. The summed E-state index contributed by atoms with van der Waals surface area (Å²) >= 11 is 0. The van der Waals surface area contributed by atoms with Crippen LogP contribution < -0.4 is 0 Å². The molecule has 0 bridgehead atoms. The van der Waals surface area contributed by atoms with Gasteiger partial charge in [0.15, 0.2) is 0 Å². The zero-order valence-corrected chi connectivity index (χ0v) is 16.9. The van der Waals surface area contributed by atoms with E-state index in [2.05, 4.69) is 26.8 Å². The number of carboxylic acid groups (broad SMARTS) is 1. The van der Waals surface area contributed by atoms with Gasteiger partial charge in [-0.25, -0.2) is 4.98 Å². The van der Waals surface area contributed by atoms with E-state index in [1.54, 1.807) is 12.5 Å². The van der Waals surface area contributed by atoms with Gasteiger partial charge in [-0.15, -0.1) is 0 Å². The zero-order valence-electron chi connectivity index (χ0n) is 16.9. The molecule has 0 radical (unpaired) electrons. The maximum atomic E-state index is 10.6. The Hall–Kier alpha value is -3.41. The van der Waals surface area contributed by atoms with Crippen LogP contribution in [0.1, 0.15) is 42.9 Å². The lowest BCUT2D eigenvalue weighted by molar-refractivity contribution is -0.137. The number of oxime groups is 1. The first-order chi connectivity index (χ1) is 14.7. The van der Waals surface area contributed by atoms with Crippen LogP contribution in [0.15, 0.2) is 84.5 Å². The van der Waals surface area contributed by atoms with Crippen LogP contribution in [0.3, 0.4) is 0 Å². The smallest absolute Gasteiger partial charge is 0.303 e. The van der Waals surface area contributed by atoms with Crippen LogP contribution >= 0.6 is 0 Å². The van der Waals surface area contributed by atoms with E-state index in [1.165, 1.54) is 5.56 Å². The molecule has 6 heteroatoms. The first-order valence-electron chi connectivity index (χ1n) is 10.2. The predicted molar refractivity (Wildman–Crippen MR) is 116 cm³/mol. The summed E-state index contributed by atoms with van der Waals surface area (Å²) in [5.41, 5.74) is 3.04. The summed E-state index contributed by atoms with van der Waals surface area (Å²) in [5, 5.41) is 13.3. The fraction of sp³-hybridized carbons (Fsp3) is 0.292. The van der Waals surface area contributed by atoms with E-state index in [0.29, 0.717) is 13.0 Å². The van der Waals surface area contributed by atoms with Gasteiger partial charge in [0.05, 0.1) is 12.4 Å². The number of aromatic nitrogens is 2. The standard InChI is InChI=1S/C24H27N3O3/c28-23(29)14-8-3-9-17-30-26-24(21-12-6-2-7-13-21)22(27-16-15-25-19-27)18-20-10-4-1-5-11-20/h1-2,4-7,10-13,15-16,19,22H,3,8-9,14,17-18H2,(H,28,29). The van der Waals surface area contributed by atoms with E-state index in [0.717, 1.165) is 30.5 Å². The van der Waals surface area contributed by atoms with Crippen molar-refractivity contribution in [1.29, 1.82) is 0 Å². The van der Waals surface area contributed by atoms with Gasteiger partial charge in [0.1, 0.15) is 12.3 Å². The van der Waals surface area contributed by atoms with Crippen LogP contribution in [-0.2, 0) is 16.1 Å². The topological polar surface area (TPSA) is 76.7 Å². The van der Waals surface area contributed by atoms with Crippen LogP contribution in [0, 0.1) is 0 Å². The van der Waals surface area contributed by atoms with Crippen molar-refractivity contribution in [2.75, 3.05) is 6.61 Å². The monoisotopic (exact) mass is 405 g/mol. The molecule has 1 N–H and O–H groups in total. The molecular formula is C24H27N3O3. The molecule has 3 rings (SSSR count).